The molecule has 10 heavy (non-hydrogen) atoms. The molecule has 0 unspecified atom stereocenters. The van der Waals surface area contributed by atoms with Crippen LogP contribution in [0.15, 0.2) is 12.4 Å². The van der Waals surface area contributed by atoms with E-state index in [1.165, 1.54) is 12.4 Å². The van der Waals surface area contributed by atoms with E-state index in [9.17, 15) is 0 Å². The van der Waals surface area contributed by atoms with Crippen LogP contribution in [0.4, 0.5) is 0 Å². The van der Waals surface area contributed by atoms with Crippen LogP contribution in [-0.4, -0.2) is 9.97 Å². The number of halogens is 1. The Morgan fingerprint density at radius 1 is 1.50 bits per heavy atom. The molecule has 0 fully saturated rings. The molecule has 0 bridgehead atoms. The molecule has 0 aliphatic heterocycles. The van der Waals surface area contributed by atoms with Crippen molar-refractivity contribution in [1.29, 1.82) is 0 Å². The van der Waals surface area contributed by atoms with Crippen molar-refractivity contribution in [3.63, 3.8) is 0 Å². The molecular weight excluding hydrogens is 152 g/mol. The fourth-order valence-corrected chi connectivity index (χ4v) is 0.576. The molecule has 1 heterocycles. The summed E-state index contributed by atoms with van der Waals surface area (Å²) in [6.45, 7) is 0. The van der Waals surface area contributed by atoms with E-state index in [1.54, 1.807) is 0 Å². The van der Waals surface area contributed by atoms with Gasteiger partial charge in [0, 0.05) is 12.4 Å². The Hall–Kier alpha value is -1.27. The van der Waals surface area contributed by atoms with Crippen LogP contribution in [0.1, 0.15) is 0 Å². The second-order valence-corrected chi connectivity index (χ2v) is 1.73. The van der Waals surface area contributed by atoms with E-state index in [1.807, 2.05) is 6.11 Å². The van der Waals surface area contributed by atoms with Crippen molar-refractivity contribution >= 4 is 11.6 Å². The third-order valence-corrected chi connectivity index (χ3v) is 1.04. The lowest BCUT2D eigenvalue weighted by Crippen LogP contribution is -1.88. The third kappa shape index (κ3) is 1.36. The van der Waals surface area contributed by atoms with Crippen LogP contribution in [0.25, 0.3) is 0 Å². The van der Waals surface area contributed by atoms with Crippen molar-refractivity contribution in [2.24, 2.45) is 0 Å². The van der Waals surface area contributed by atoms with Crippen LogP contribution < -0.4 is 4.74 Å². The fraction of sp³-hybridized carbons (Fsp3) is 0. The SMILES string of the molecule is C#COc1nccnc1Cl. The third-order valence-electron chi connectivity index (χ3n) is 0.778. The van der Waals surface area contributed by atoms with E-state index < -0.39 is 0 Å². The number of hydrogen-bond donors (Lipinski definition) is 0. The zero-order chi connectivity index (χ0) is 7.40. The first-order chi connectivity index (χ1) is 4.84. The molecule has 4 heteroatoms. The highest BCUT2D eigenvalue weighted by molar-refractivity contribution is 6.30. The van der Waals surface area contributed by atoms with E-state index in [4.69, 9.17) is 18.0 Å². The molecule has 3 nitrogen and oxygen atoms in total. The Kier molecular flexibility index (Phi) is 2.08. The second kappa shape index (κ2) is 3.04. The summed E-state index contributed by atoms with van der Waals surface area (Å²) in [4.78, 5) is 7.39. The smallest absolute Gasteiger partial charge is 0.268 e. The average Bonchev–Trinajstić information content (AvgIpc) is 1.94. The molecule has 1 rings (SSSR count). The molecule has 0 spiro atoms. The quantitative estimate of drug-likeness (QED) is 0.569. The van der Waals surface area contributed by atoms with Crippen molar-refractivity contribution in [2.45, 2.75) is 0 Å². The van der Waals surface area contributed by atoms with E-state index in [-0.39, 0.29) is 11.0 Å². The van der Waals surface area contributed by atoms with Gasteiger partial charge in [-0.3, -0.25) is 0 Å². The molecule has 0 aliphatic carbocycles. The standard InChI is InChI=1S/C6H3ClN2O/c1-2-10-6-5(7)8-3-4-9-6/h1,3-4H. The summed E-state index contributed by atoms with van der Waals surface area (Å²) in [5.41, 5.74) is 0. The lowest BCUT2D eigenvalue weighted by molar-refractivity contribution is 0.495. The van der Waals surface area contributed by atoms with Crippen molar-refractivity contribution in [1.82, 2.24) is 9.97 Å². The molecule has 0 atom stereocenters. The number of ether oxygens (including phenoxy) is 1. The van der Waals surface area contributed by atoms with E-state index in [0.29, 0.717) is 0 Å². The summed E-state index contributed by atoms with van der Waals surface area (Å²) in [5, 5.41) is 0.167. The van der Waals surface area contributed by atoms with Gasteiger partial charge in [0.2, 0.25) is 0 Å². The van der Waals surface area contributed by atoms with Crippen LogP contribution >= 0.6 is 11.6 Å². The number of hydrogen-bond acceptors (Lipinski definition) is 3. The Labute approximate surface area is 63.0 Å². The van der Waals surface area contributed by atoms with Crippen LogP contribution in [0, 0.1) is 12.5 Å². The summed E-state index contributed by atoms with van der Waals surface area (Å²) in [6.07, 6.45) is 9.66. The molecule has 1 aromatic heterocycles. The minimum absolute atomic E-state index is 0.159. The van der Waals surface area contributed by atoms with Gasteiger partial charge < -0.3 is 4.74 Å². The van der Waals surface area contributed by atoms with Crippen molar-refractivity contribution < 1.29 is 4.74 Å². The maximum absolute atomic E-state index is 5.51. The first-order valence-electron chi connectivity index (χ1n) is 2.43. The van der Waals surface area contributed by atoms with Crippen LogP contribution in [0.2, 0.25) is 5.15 Å². The van der Waals surface area contributed by atoms with Gasteiger partial charge in [-0.25, -0.2) is 9.97 Å². The van der Waals surface area contributed by atoms with Gasteiger partial charge in [-0.1, -0.05) is 18.0 Å². The Morgan fingerprint density at radius 2 is 2.20 bits per heavy atom. The van der Waals surface area contributed by atoms with Gasteiger partial charge in [0.15, 0.2) is 5.15 Å². The van der Waals surface area contributed by atoms with Gasteiger partial charge in [0.1, 0.15) is 6.11 Å². The topological polar surface area (TPSA) is 35.0 Å². The zero-order valence-electron chi connectivity index (χ0n) is 4.91. The van der Waals surface area contributed by atoms with E-state index in [2.05, 4.69) is 14.7 Å². The second-order valence-electron chi connectivity index (χ2n) is 1.37. The number of rotatable bonds is 1. The summed E-state index contributed by atoms with van der Waals surface area (Å²) in [6, 6.07) is 0. The van der Waals surface area contributed by atoms with Gasteiger partial charge in [0.05, 0.1) is 0 Å². The predicted octanol–water partition coefficient (Wildman–Crippen LogP) is 1.10. The minimum Gasteiger partial charge on any atom is -0.384 e. The maximum Gasteiger partial charge on any atom is 0.268 e. The van der Waals surface area contributed by atoms with Gasteiger partial charge in [-0.05, 0) is 0 Å². The molecule has 0 radical (unpaired) electrons. The molecular formula is C6H3ClN2O. The van der Waals surface area contributed by atoms with E-state index in [0.717, 1.165) is 0 Å². The molecule has 50 valence electrons. The van der Waals surface area contributed by atoms with Gasteiger partial charge >= 0.3 is 0 Å². The number of aromatic nitrogens is 2. The first-order valence-corrected chi connectivity index (χ1v) is 2.81. The van der Waals surface area contributed by atoms with Crippen LogP contribution in [-0.2, 0) is 0 Å². The summed E-state index contributed by atoms with van der Waals surface area (Å²) >= 11 is 5.51. The molecule has 1 aromatic rings. The monoisotopic (exact) mass is 154 g/mol. The average molecular weight is 155 g/mol. The van der Waals surface area contributed by atoms with Gasteiger partial charge in [-0.2, -0.15) is 0 Å². The Balaban J connectivity index is 2.94. The molecule has 0 N–H and O–H groups in total. The van der Waals surface area contributed by atoms with E-state index >= 15 is 0 Å². The predicted molar refractivity (Wildman–Crippen MR) is 36.5 cm³/mol. The van der Waals surface area contributed by atoms with Crippen molar-refractivity contribution in [2.75, 3.05) is 0 Å². The molecule has 0 amide bonds. The van der Waals surface area contributed by atoms with Gasteiger partial charge in [0.25, 0.3) is 5.88 Å². The Morgan fingerprint density at radius 3 is 2.80 bits per heavy atom. The molecule has 0 aromatic carbocycles. The number of terminal acetylenes is 1. The highest BCUT2D eigenvalue weighted by Gasteiger charge is 1.99. The largest absolute Gasteiger partial charge is 0.384 e. The lowest BCUT2D eigenvalue weighted by atomic mass is 10.7. The lowest BCUT2D eigenvalue weighted by Gasteiger charge is -1.94. The van der Waals surface area contributed by atoms with Crippen molar-refractivity contribution in [3.8, 4) is 18.4 Å². The van der Waals surface area contributed by atoms with Gasteiger partial charge in [-0.15, -0.1) is 0 Å². The first kappa shape index (κ1) is 6.84. The molecule has 0 saturated heterocycles. The van der Waals surface area contributed by atoms with Crippen LogP contribution in [0.5, 0.6) is 5.88 Å². The zero-order valence-corrected chi connectivity index (χ0v) is 5.67. The maximum atomic E-state index is 5.51. The summed E-state index contributed by atoms with van der Waals surface area (Å²) in [7, 11) is 0. The summed E-state index contributed by atoms with van der Waals surface area (Å²) in [5.74, 6) is 0.159. The normalized spacial score (nSPS) is 8.40. The fourth-order valence-electron chi connectivity index (χ4n) is 0.433. The minimum atomic E-state index is 0.159. The number of nitrogens with zero attached hydrogens (tertiary/aromatic N) is 2. The molecule has 0 aliphatic rings. The Bertz CT molecular complexity index is 269. The highest BCUT2D eigenvalue weighted by Crippen LogP contribution is 2.15. The summed E-state index contributed by atoms with van der Waals surface area (Å²) < 4.78 is 4.56. The highest BCUT2D eigenvalue weighted by atomic mass is 35.5. The van der Waals surface area contributed by atoms with Crippen LogP contribution in [0.3, 0.4) is 0 Å². The molecule has 0 saturated carbocycles. The van der Waals surface area contributed by atoms with Crippen molar-refractivity contribution in [3.05, 3.63) is 17.5 Å².